The number of halogens is 1. The molecule has 4 aromatic rings. The Labute approximate surface area is 159 Å². The van der Waals surface area contributed by atoms with Crippen LogP contribution < -0.4 is 10.2 Å². The summed E-state index contributed by atoms with van der Waals surface area (Å²) < 4.78 is 24.1. The van der Waals surface area contributed by atoms with Gasteiger partial charge in [0.15, 0.2) is 17.8 Å². The van der Waals surface area contributed by atoms with Crippen LogP contribution in [0.1, 0.15) is 10.4 Å². The van der Waals surface area contributed by atoms with Crippen molar-refractivity contribution in [2.24, 2.45) is 0 Å². The number of fused-ring (bicyclic) bond motifs is 1. The van der Waals surface area contributed by atoms with E-state index < -0.39 is 5.82 Å². The first-order valence-corrected chi connectivity index (χ1v) is 8.64. The molecule has 0 N–H and O–H groups in total. The summed E-state index contributed by atoms with van der Waals surface area (Å²) in [4.78, 5) is 24.9. The summed E-state index contributed by atoms with van der Waals surface area (Å²) in [5.74, 6) is -0.281. The van der Waals surface area contributed by atoms with Crippen molar-refractivity contribution in [2.75, 3.05) is 6.61 Å². The van der Waals surface area contributed by atoms with Crippen LogP contribution in [0.3, 0.4) is 0 Å². The van der Waals surface area contributed by atoms with Gasteiger partial charge in [-0.1, -0.05) is 30.3 Å². The van der Waals surface area contributed by atoms with E-state index >= 15 is 0 Å². The number of hydrogen-bond donors (Lipinski definition) is 0. The second kappa shape index (κ2) is 7.48. The molecule has 28 heavy (non-hydrogen) atoms. The number of Topliss-reactive ketones (excluding diaryl/α,β-unsaturated/α-hetero) is 1. The van der Waals surface area contributed by atoms with Crippen molar-refractivity contribution in [3.05, 3.63) is 101 Å². The van der Waals surface area contributed by atoms with E-state index in [1.807, 2.05) is 30.3 Å². The van der Waals surface area contributed by atoms with Crippen molar-refractivity contribution in [3.8, 4) is 16.9 Å². The van der Waals surface area contributed by atoms with Gasteiger partial charge in [-0.05, 0) is 42.0 Å². The lowest BCUT2D eigenvalue weighted by atomic mass is 10.1. The van der Waals surface area contributed by atoms with Crippen LogP contribution in [0, 0.1) is 5.82 Å². The number of rotatable bonds is 5. The third-order valence-corrected chi connectivity index (χ3v) is 4.37. The van der Waals surface area contributed by atoms with Crippen LogP contribution in [0.4, 0.5) is 4.39 Å². The summed E-state index contributed by atoms with van der Waals surface area (Å²) in [6, 6.07) is 19.3. The molecular formula is C23H15FO4. The van der Waals surface area contributed by atoms with E-state index in [1.165, 1.54) is 30.5 Å². The number of ketones is 1. The summed E-state index contributed by atoms with van der Waals surface area (Å²) in [5.41, 5.74) is 1.86. The van der Waals surface area contributed by atoms with E-state index in [-0.39, 0.29) is 17.8 Å². The van der Waals surface area contributed by atoms with Gasteiger partial charge < -0.3 is 9.15 Å². The van der Waals surface area contributed by atoms with E-state index in [0.29, 0.717) is 27.8 Å². The molecule has 138 valence electrons. The molecule has 0 spiro atoms. The largest absolute Gasteiger partial charge is 0.485 e. The van der Waals surface area contributed by atoms with Crippen molar-refractivity contribution in [3.63, 3.8) is 0 Å². The Kier molecular flexibility index (Phi) is 4.72. The van der Waals surface area contributed by atoms with Crippen molar-refractivity contribution in [1.82, 2.24) is 0 Å². The monoisotopic (exact) mass is 374 g/mol. The standard InChI is InChI=1S/C23H15FO4/c24-17-8-6-16(7-9-17)21(25)14-27-18-10-11-19-22(12-18)28-13-20(23(19)26)15-4-2-1-3-5-15/h1-13H,14H2. The Hall–Kier alpha value is -3.73. The van der Waals surface area contributed by atoms with Gasteiger partial charge in [0.25, 0.3) is 0 Å². The van der Waals surface area contributed by atoms with Crippen molar-refractivity contribution < 1.29 is 18.3 Å². The molecule has 5 heteroatoms. The van der Waals surface area contributed by atoms with Crippen molar-refractivity contribution >= 4 is 16.8 Å². The smallest absolute Gasteiger partial charge is 0.200 e. The Morgan fingerprint density at radius 1 is 0.964 bits per heavy atom. The minimum absolute atomic E-state index is 0.138. The van der Waals surface area contributed by atoms with Gasteiger partial charge >= 0.3 is 0 Å². The lowest BCUT2D eigenvalue weighted by molar-refractivity contribution is 0.0921. The molecule has 4 nitrogen and oxygen atoms in total. The van der Waals surface area contributed by atoms with Gasteiger partial charge in [0.05, 0.1) is 10.9 Å². The summed E-state index contributed by atoms with van der Waals surface area (Å²) in [7, 11) is 0. The Balaban J connectivity index is 1.56. The Bertz CT molecular complexity index is 1190. The van der Waals surface area contributed by atoms with Crippen molar-refractivity contribution in [2.45, 2.75) is 0 Å². The fourth-order valence-corrected chi connectivity index (χ4v) is 2.88. The highest BCUT2D eigenvalue weighted by Gasteiger charge is 2.11. The third-order valence-electron chi connectivity index (χ3n) is 4.37. The Morgan fingerprint density at radius 2 is 1.71 bits per heavy atom. The fourth-order valence-electron chi connectivity index (χ4n) is 2.88. The highest BCUT2D eigenvalue weighted by atomic mass is 19.1. The molecule has 3 aromatic carbocycles. The molecular weight excluding hydrogens is 359 g/mol. The first-order valence-electron chi connectivity index (χ1n) is 8.64. The minimum atomic E-state index is -0.406. The topological polar surface area (TPSA) is 56.5 Å². The average molecular weight is 374 g/mol. The lowest BCUT2D eigenvalue weighted by Gasteiger charge is -2.07. The summed E-state index contributed by atoms with van der Waals surface area (Å²) in [6.07, 6.45) is 1.42. The molecule has 0 saturated carbocycles. The normalized spacial score (nSPS) is 10.8. The number of hydrogen-bond acceptors (Lipinski definition) is 4. The van der Waals surface area contributed by atoms with Gasteiger partial charge in [-0.25, -0.2) is 4.39 Å². The molecule has 0 fully saturated rings. The van der Waals surface area contributed by atoms with Crippen LogP contribution in [0.5, 0.6) is 5.75 Å². The predicted octanol–water partition coefficient (Wildman–Crippen LogP) is 4.86. The van der Waals surface area contributed by atoms with Crippen LogP contribution in [0.15, 0.2) is 88.3 Å². The number of benzene rings is 3. The first-order chi connectivity index (χ1) is 13.6. The molecule has 0 bridgehead atoms. The summed E-state index contributed by atoms with van der Waals surface area (Å²) >= 11 is 0. The van der Waals surface area contributed by atoms with Crippen LogP contribution in [-0.2, 0) is 0 Å². The van der Waals surface area contributed by atoms with Gasteiger partial charge in [0.2, 0.25) is 0 Å². The summed E-state index contributed by atoms with van der Waals surface area (Å²) in [6.45, 7) is -0.205. The molecule has 0 atom stereocenters. The average Bonchev–Trinajstić information content (AvgIpc) is 2.73. The van der Waals surface area contributed by atoms with Crippen LogP contribution >= 0.6 is 0 Å². The second-order valence-corrected chi connectivity index (χ2v) is 6.22. The fraction of sp³-hybridized carbons (Fsp3) is 0.0435. The quantitative estimate of drug-likeness (QED) is 0.468. The molecule has 1 heterocycles. The van der Waals surface area contributed by atoms with E-state index in [2.05, 4.69) is 0 Å². The zero-order valence-electron chi connectivity index (χ0n) is 14.7. The minimum Gasteiger partial charge on any atom is -0.485 e. The maximum atomic E-state index is 12.9. The number of ether oxygens (including phenoxy) is 1. The Morgan fingerprint density at radius 3 is 2.46 bits per heavy atom. The highest BCUT2D eigenvalue weighted by Crippen LogP contribution is 2.23. The maximum Gasteiger partial charge on any atom is 0.200 e. The molecule has 0 radical (unpaired) electrons. The molecule has 0 aliphatic heterocycles. The van der Waals surface area contributed by atoms with Gasteiger partial charge in [-0.3, -0.25) is 9.59 Å². The molecule has 4 rings (SSSR count). The zero-order chi connectivity index (χ0) is 19.5. The maximum absolute atomic E-state index is 12.9. The lowest BCUT2D eigenvalue weighted by Crippen LogP contribution is -2.11. The molecule has 0 saturated heterocycles. The predicted molar refractivity (Wildman–Crippen MR) is 104 cm³/mol. The SMILES string of the molecule is O=C(COc1ccc2c(=O)c(-c3ccccc3)coc2c1)c1ccc(F)cc1. The van der Waals surface area contributed by atoms with Gasteiger partial charge in [-0.15, -0.1) is 0 Å². The van der Waals surface area contributed by atoms with Gasteiger partial charge in [-0.2, -0.15) is 0 Å². The number of carbonyl (C=O) groups is 1. The van der Waals surface area contributed by atoms with E-state index in [0.717, 1.165) is 5.56 Å². The van der Waals surface area contributed by atoms with E-state index in [4.69, 9.17) is 9.15 Å². The third kappa shape index (κ3) is 3.55. The molecule has 1 aromatic heterocycles. The second-order valence-electron chi connectivity index (χ2n) is 6.22. The molecule has 0 aliphatic carbocycles. The van der Waals surface area contributed by atoms with Crippen LogP contribution in [0.2, 0.25) is 0 Å². The number of carbonyl (C=O) groups excluding carboxylic acids is 1. The molecule has 0 aliphatic rings. The van der Waals surface area contributed by atoms with E-state index in [9.17, 15) is 14.0 Å². The van der Waals surface area contributed by atoms with Crippen molar-refractivity contribution in [1.29, 1.82) is 0 Å². The van der Waals surface area contributed by atoms with Crippen LogP contribution in [-0.4, -0.2) is 12.4 Å². The van der Waals surface area contributed by atoms with Gasteiger partial charge in [0.1, 0.15) is 23.4 Å². The van der Waals surface area contributed by atoms with Crippen LogP contribution in [0.25, 0.3) is 22.1 Å². The van der Waals surface area contributed by atoms with Gasteiger partial charge in [0, 0.05) is 11.6 Å². The van der Waals surface area contributed by atoms with E-state index in [1.54, 1.807) is 18.2 Å². The first kappa shape index (κ1) is 17.7. The highest BCUT2D eigenvalue weighted by molar-refractivity contribution is 5.97. The summed E-state index contributed by atoms with van der Waals surface area (Å²) in [5, 5.41) is 0.429. The molecule has 0 amide bonds. The zero-order valence-corrected chi connectivity index (χ0v) is 14.7. The molecule has 0 unspecified atom stereocenters.